The van der Waals surface area contributed by atoms with E-state index in [4.69, 9.17) is 20.4 Å². The van der Waals surface area contributed by atoms with Crippen molar-refractivity contribution >= 4 is 75.5 Å². The van der Waals surface area contributed by atoms with E-state index in [-0.39, 0.29) is 103 Å². The molecule has 11 heteroatoms. The zero-order valence-electron chi connectivity index (χ0n) is 5.99. The van der Waals surface area contributed by atoms with Crippen LogP contribution in [0.15, 0.2) is 0 Å². The predicted octanol–water partition coefficient (Wildman–Crippen LogP) is -4.73. The Kier molecular flexibility index (Phi) is 157. The van der Waals surface area contributed by atoms with Gasteiger partial charge < -0.3 is 47.8 Å². The van der Waals surface area contributed by atoms with Crippen LogP contribution in [0.25, 0.3) is 0 Å². The zero-order valence-corrected chi connectivity index (χ0v) is 10.4. The Bertz CT molecular complexity index is 28.0. The van der Waals surface area contributed by atoms with Crippen LogP contribution >= 0.6 is 0 Å². The zero-order chi connectivity index (χ0) is 4.50. The van der Waals surface area contributed by atoms with Crippen molar-refractivity contribution in [3.8, 4) is 0 Å². The van der Waals surface area contributed by atoms with Gasteiger partial charge in [-0.2, -0.15) is 0 Å². The summed E-state index contributed by atoms with van der Waals surface area (Å²) >= 11 is 0. The molecule has 0 saturated carbocycles. The van der Waals surface area contributed by atoms with Crippen LogP contribution < -0.4 is 0 Å². The van der Waals surface area contributed by atoms with E-state index in [2.05, 4.69) is 0 Å². The number of hydrogen-bond acceptors (Lipinski definition) is 8. The van der Waals surface area contributed by atoms with Crippen molar-refractivity contribution in [1.29, 1.82) is 0 Å². The Labute approximate surface area is 128 Å². The third-order valence-electron chi connectivity index (χ3n) is 0. The van der Waals surface area contributed by atoms with Crippen molar-refractivity contribution in [3.63, 3.8) is 0 Å². The standard InChI is InChI=1S/CH4O4.2Ca.5H2O/c2-1(3,4)5;;;;;;;/h2-5H;;;5*1H2/q;2*+2;;;;;/p-4. The Hall–Kier alpha value is 2.16. The molecular formula is CH10Ca2O9. The molecule has 9 nitrogen and oxygen atoms in total. The molecule has 12 heavy (non-hydrogen) atoms. The Morgan fingerprint density at radius 3 is 0.583 bits per heavy atom. The fourth-order valence-corrected chi connectivity index (χ4v) is 0. The van der Waals surface area contributed by atoms with Gasteiger partial charge in [-0.05, 0) is 0 Å². The predicted molar refractivity (Wildman–Crippen MR) is 34.5 cm³/mol. The van der Waals surface area contributed by atoms with E-state index < -0.39 is 6.16 Å². The summed E-state index contributed by atoms with van der Waals surface area (Å²) in [5.74, 6) is 0. The van der Waals surface area contributed by atoms with Crippen LogP contribution in [0.2, 0.25) is 0 Å². The smallest absolute Gasteiger partial charge is 0.870 e. The van der Waals surface area contributed by atoms with Crippen LogP contribution in [0, 0.1) is 0 Å². The average molecular weight is 246 g/mol. The molecule has 0 heterocycles. The molecule has 0 rings (SSSR count). The van der Waals surface area contributed by atoms with Crippen LogP contribution in [0.3, 0.4) is 0 Å². The molecule has 0 spiro atoms. The molecule has 0 amide bonds. The Morgan fingerprint density at radius 1 is 0.583 bits per heavy atom. The first-order valence-corrected chi connectivity index (χ1v) is 0.894. The van der Waals surface area contributed by atoms with Crippen LogP contribution in [0.4, 0.5) is 0 Å². The van der Waals surface area contributed by atoms with Gasteiger partial charge in [0.2, 0.25) is 0 Å². The van der Waals surface area contributed by atoms with E-state index in [9.17, 15) is 0 Å². The molecule has 0 unspecified atom stereocenters. The van der Waals surface area contributed by atoms with Gasteiger partial charge in [0.25, 0.3) is 0 Å². The SMILES string of the molecule is O.OC(O)(O)O.[Ca+2].[Ca+2].[OH-].[OH-].[OH-].[OH-]. The molecule has 0 radical (unpaired) electrons. The number of hydrogen-bond donors (Lipinski definition) is 4. The van der Waals surface area contributed by atoms with E-state index in [1.807, 2.05) is 0 Å². The minimum Gasteiger partial charge on any atom is -0.870 e. The molecule has 0 aliphatic rings. The van der Waals surface area contributed by atoms with Crippen molar-refractivity contribution in [2.45, 2.75) is 6.16 Å². The molecule has 0 aromatic rings. The number of aliphatic hydroxyl groups is 4. The van der Waals surface area contributed by atoms with Gasteiger partial charge in [-0.25, -0.2) is 0 Å². The first kappa shape index (κ1) is 64.6. The molecule has 0 aliphatic heterocycles. The van der Waals surface area contributed by atoms with Crippen LogP contribution in [-0.2, 0) is 0 Å². The fourth-order valence-electron chi connectivity index (χ4n) is 0. The molecule has 0 fully saturated rings. The van der Waals surface area contributed by atoms with Gasteiger partial charge >= 0.3 is 81.6 Å². The third kappa shape index (κ3) is 325. The fraction of sp³-hybridized carbons (Fsp3) is 1.00. The van der Waals surface area contributed by atoms with Gasteiger partial charge in [-0.15, -0.1) is 0 Å². The summed E-state index contributed by atoms with van der Waals surface area (Å²) in [4.78, 5) is 0. The maximum absolute atomic E-state index is 7.19. The largest absolute Gasteiger partial charge is 2.00 e. The summed E-state index contributed by atoms with van der Waals surface area (Å²) in [5, 5.41) is 28.8. The third-order valence-corrected chi connectivity index (χ3v) is 0. The average Bonchev–Trinajstić information content (AvgIpc) is 0.722. The Morgan fingerprint density at radius 2 is 0.583 bits per heavy atom. The molecule has 0 aromatic heterocycles. The van der Waals surface area contributed by atoms with Gasteiger partial charge in [0, 0.05) is 0 Å². The first-order chi connectivity index (χ1) is 2.00. The quantitative estimate of drug-likeness (QED) is 0.238. The molecule has 72 valence electrons. The van der Waals surface area contributed by atoms with E-state index in [1.165, 1.54) is 0 Å². The van der Waals surface area contributed by atoms with E-state index in [0.29, 0.717) is 0 Å². The Balaban J connectivity index is -0.00000000381. The summed E-state index contributed by atoms with van der Waals surface area (Å²) < 4.78 is 0. The molecule has 0 aliphatic carbocycles. The normalized spacial score (nSPS) is 5.00. The first-order valence-electron chi connectivity index (χ1n) is 0.894. The van der Waals surface area contributed by atoms with Gasteiger partial charge in [0.15, 0.2) is 0 Å². The van der Waals surface area contributed by atoms with Crippen molar-refractivity contribution < 1.29 is 47.8 Å². The van der Waals surface area contributed by atoms with Crippen LogP contribution in [0.5, 0.6) is 0 Å². The molecule has 0 aromatic carbocycles. The van der Waals surface area contributed by atoms with Crippen molar-refractivity contribution in [3.05, 3.63) is 0 Å². The summed E-state index contributed by atoms with van der Waals surface area (Å²) in [6, 6.07) is 0. The summed E-state index contributed by atoms with van der Waals surface area (Å²) in [6.07, 6.45) is -3.50. The number of rotatable bonds is 0. The van der Waals surface area contributed by atoms with Gasteiger partial charge in [0.1, 0.15) is 0 Å². The monoisotopic (exact) mass is 246 g/mol. The molecule has 10 N–H and O–H groups in total. The van der Waals surface area contributed by atoms with Crippen LogP contribution in [-0.4, -0.2) is 129 Å². The van der Waals surface area contributed by atoms with Crippen molar-refractivity contribution in [2.75, 3.05) is 0 Å². The second-order valence-corrected chi connectivity index (χ2v) is 0.600. The van der Waals surface area contributed by atoms with Gasteiger partial charge in [0.05, 0.1) is 0 Å². The van der Waals surface area contributed by atoms with Gasteiger partial charge in [-0.3, -0.25) is 0 Å². The maximum atomic E-state index is 7.19. The van der Waals surface area contributed by atoms with Crippen LogP contribution in [0.1, 0.15) is 0 Å². The molecule has 0 bridgehead atoms. The minimum absolute atomic E-state index is 0. The van der Waals surface area contributed by atoms with Crippen molar-refractivity contribution in [2.24, 2.45) is 0 Å². The second kappa shape index (κ2) is 29.2. The summed E-state index contributed by atoms with van der Waals surface area (Å²) in [5.41, 5.74) is 0. The summed E-state index contributed by atoms with van der Waals surface area (Å²) in [6.45, 7) is 0. The molecule has 0 saturated heterocycles. The van der Waals surface area contributed by atoms with Gasteiger partial charge in [-0.1, -0.05) is 0 Å². The molecule has 0 atom stereocenters. The summed E-state index contributed by atoms with van der Waals surface area (Å²) in [7, 11) is 0. The van der Waals surface area contributed by atoms with E-state index >= 15 is 0 Å². The second-order valence-electron chi connectivity index (χ2n) is 0.600. The van der Waals surface area contributed by atoms with E-state index in [1.54, 1.807) is 0 Å². The van der Waals surface area contributed by atoms with Crippen molar-refractivity contribution in [1.82, 2.24) is 0 Å². The maximum Gasteiger partial charge on any atom is 2.00 e. The topological polar surface area (TPSA) is 232 Å². The minimum atomic E-state index is -3.50. The van der Waals surface area contributed by atoms with E-state index in [0.717, 1.165) is 0 Å². The molecular weight excluding hydrogens is 236 g/mol.